The molecule has 0 fully saturated rings. The smallest absolute Gasteiger partial charge is 0.265 e. The summed E-state index contributed by atoms with van der Waals surface area (Å²) in [4.78, 5) is 11.2. The molecule has 1 amide bonds. The second kappa shape index (κ2) is 5.99. The summed E-state index contributed by atoms with van der Waals surface area (Å²) < 4.78 is 18.4. The van der Waals surface area contributed by atoms with E-state index in [2.05, 4.69) is 6.58 Å². The topological polar surface area (TPSA) is 64.3 Å². The number of nitrogen functional groups attached to an aromatic ring is 1. The monoisotopic (exact) mass is 224 g/mol. The lowest BCUT2D eigenvalue weighted by atomic mass is 10.1. The zero-order valence-electron chi connectivity index (χ0n) is 8.70. The molecule has 0 spiro atoms. The second-order valence-corrected chi connectivity index (χ2v) is 3.08. The molecule has 0 radical (unpaired) electrons. The van der Waals surface area contributed by atoms with E-state index in [1.165, 1.54) is 18.2 Å². The van der Waals surface area contributed by atoms with Gasteiger partial charge in [-0.2, -0.15) is 0 Å². The quantitative estimate of drug-likeness (QED) is 0.259. The van der Waals surface area contributed by atoms with Gasteiger partial charge in [0.25, 0.3) is 5.91 Å². The number of hydrogen-bond acceptors (Lipinski definition) is 3. The number of hydrogen-bond donors (Lipinski definition) is 2. The van der Waals surface area contributed by atoms with Crippen LogP contribution in [-0.2, 0) is 11.3 Å². The summed E-state index contributed by atoms with van der Waals surface area (Å²) in [6, 6.07) is 3.96. The minimum Gasteiger partial charge on any atom is -0.373 e. The molecule has 0 saturated carbocycles. The predicted octanol–water partition coefficient (Wildman–Crippen LogP) is 1.13. The molecule has 1 rings (SSSR count). The summed E-state index contributed by atoms with van der Waals surface area (Å²) in [5.74, 6) is 4.09. The van der Waals surface area contributed by atoms with Crippen LogP contribution in [0.15, 0.2) is 30.9 Å². The first-order valence-electron chi connectivity index (χ1n) is 4.67. The summed E-state index contributed by atoms with van der Waals surface area (Å²) in [5, 5.41) is 0. The number of benzene rings is 1. The molecule has 0 saturated heterocycles. The van der Waals surface area contributed by atoms with Crippen LogP contribution in [0.2, 0.25) is 0 Å². The predicted molar refractivity (Wildman–Crippen MR) is 57.9 cm³/mol. The second-order valence-electron chi connectivity index (χ2n) is 3.08. The van der Waals surface area contributed by atoms with Crippen LogP contribution >= 0.6 is 0 Å². The molecule has 0 atom stereocenters. The van der Waals surface area contributed by atoms with E-state index in [1.807, 2.05) is 5.43 Å². The number of rotatable bonds is 5. The maximum Gasteiger partial charge on any atom is 0.265 e. The molecule has 0 unspecified atom stereocenters. The third-order valence-electron chi connectivity index (χ3n) is 1.93. The minimum atomic E-state index is -0.468. The van der Waals surface area contributed by atoms with Crippen LogP contribution in [0.3, 0.4) is 0 Å². The highest BCUT2D eigenvalue weighted by molar-refractivity contribution is 5.93. The highest BCUT2D eigenvalue weighted by atomic mass is 19.1. The van der Waals surface area contributed by atoms with E-state index >= 15 is 0 Å². The molecule has 0 aliphatic rings. The average Bonchev–Trinajstić information content (AvgIpc) is 2.31. The van der Waals surface area contributed by atoms with Gasteiger partial charge in [0, 0.05) is 11.1 Å². The first-order chi connectivity index (χ1) is 7.69. The molecule has 0 bridgehead atoms. The average molecular weight is 224 g/mol. The van der Waals surface area contributed by atoms with Crippen molar-refractivity contribution in [1.29, 1.82) is 0 Å². The van der Waals surface area contributed by atoms with Gasteiger partial charge in [-0.1, -0.05) is 6.08 Å². The molecule has 4 nitrogen and oxygen atoms in total. The third-order valence-corrected chi connectivity index (χ3v) is 1.93. The SMILES string of the molecule is C=CCOCc1cc(C(=O)NN)ccc1F. The molecule has 1 aromatic rings. The summed E-state index contributed by atoms with van der Waals surface area (Å²) in [6.45, 7) is 3.89. The van der Waals surface area contributed by atoms with E-state index in [9.17, 15) is 9.18 Å². The van der Waals surface area contributed by atoms with Gasteiger partial charge in [0.05, 0.1) is 13.2 Å². The lowest BCUT2D eigenvalue weighted by Gasteiger charge is -2.06. The van der Waals surface area contributed by atoms with E-state index in [4.69, 9.17) is 10.6 Å². The highest BCUT2D eigenvalue weighted by Gasteiger charge is 2.08. The molecular weight excluding hydrogens is 211 g/mol. The van der Waals surface area contributed by atoms with Crippen molar-refractivity contribution >= 4 is 5.91 Å². The van der Waals surface area contributed by atoms with Gasteiger partial charge in [0.2, 0.25) is 0 Å². The number of nitrogens with two attached hydrogens (primary N) is 1. The first kappa shape index (κ1) is 12.4. The fourth-order valence-electron chi connectivity index (χ4n) is 1.16. The van der Waals surface area contributed by atoms with Gasteiger partial charge in [-0.3, -0.25) is 10.2 Å². The van der Waals surface area contributed by atoms with Crippen LogP contribution in [0.25, 0.3) is 0 Å². The number of nitrogens with one attached hydrogen (secondary N) is 1. The largest absolute Gasteiger partial charge is 0.373 e. The number of amides is 1. The van der Waals surface area contributed by atoms with Crippen LogP contribution in [0.1, 0.15) is 15.9 Å². The lowest BCUT2D eigenvalue weighted by molar-refractivity contribution is 0.0953. The van der Waals surface area contributed by atoms with Crippen LogP contribution in [0.4, 0.5) is 4.39 Å². The molecule has 5 heteroatoms. The van der Waals surface area contributed by atoms with Crippen molar-refractivity contribution in [2.45, 2.75) is 6.61 Å². The maximum atomic E-state index is 13.3. The Morgan fingerprint density at radius 2 is 2.38 bits per heavy atom. The number of carbonyl (C=O) groups is 1. The van der Waals surface area contributed by atoms with Crippen molar-refractivity contribution in [1.82, 2.24) is 5.43 Å². The Labute approximate surface area is 92.9 Å². The number of ether oxygens (including phenoxy) is 1. The van der Waals surface area contributed by atoms with E-state index in [1.54, 1.807) is 6.08 Å². The van der Waals surface area contributed by atoms with Gasteiger partial charge in [-0.15, -0.1) is 6.58 Å². The van der Waals surface area contributed by atoms with Crippen LogP contribution < -0.4 is 11.3 Å². The summed E-state index contributed by atoms with van der Waals surface area (Å²) in [7, 11) is 0. The molecule has 0 aromatic heterocycles. The fraction of sp³-hybridized carbons (Fsp3) is 0.182. The van der Waals surface area contributed by atoms with Crippen LogP contribution in [0, 0.1) is 5.82 Å². The summed E-state index contributed by atoms with van der Waals surface area (Å²) >= 11 is 0. The Morgan fingerprint density at radius 1 is 1.62 bits per heavy atom. The highest BCUT2D eigenvalue weighted by Crippen LogP contribution is 2.11. The molecule has 0 aliphatic carbocycles. The van der Waals surface area contributed by atoms with Crippen molar-refractivity contribution < 1.29 is 13.9 Å². The molecule has 0 aliphatic heterocycles. The third kappa shape index (κ3) is 3.15. The molecule has 3 N–H and O–H groups in total. The zero-order chi connectivity index (χ0) is 12.0. The van der Waals surface area contributed by atoms with Gasteiger partial charge in [-0.25, -0.2) is 10.2 Å². The Kier molecular flexibility index (Phi) is 4.63. The molecule has 16 heavy (non-hydrogen) atoms. The van der Waals surface area contributed by atoms with Gasteiger partial charge in [0.15, 0.2) is 0 Å². The minimum absolute atomic E-state index is 0.0868. The van der Waals surface area contributed by atoms with Gasteiger partial charge < -0.3 is 4.74 Å². The number of hydrazine groups is 1. The maximum absolute atomic E-state index is 13.3. The first-order valence-corrected chi connectivity index (χ1v) is 4.67. The van der Waals surface area contributed by atoms with Crippen LogP contribution in [0.5, 0.6) is 0 Å². The fourth-order valence-corrected chi connectivity index (χ4v) is 1.16. The zero-order valence-corrected chi connectivity index (χ0v) is 8.70. The Hall–Kier alpha value is -1.72. The Morgan fingerprint density at radius 3 is 3.00 bits per heavy atom. The lowest BCUT2D eigenvalue weighted by Crippen LogP contribution is -2.30. The molecule has 86 valence electrons. The van der Waals surface area contributed by atoms with Crippen molar-refractivity contribution in [3.05, 3.63) is 47.8 Å². The van der Waals surface area contributed by atoms with Gasteiger partial charge >= 0.3 is 0 Å². The van der Waals surface area contributed by atoms with Crippen molar-refractivity contribution in [3.8, 4) is 0 Å². The Balaban J connectivity index is 2.81. The summed E-state index contributed by atoms with van der Waals surface area (Å²) in [6.07, 6.45) is 1.56. The van der Waals surface area contributed by atoms with Crippen molar-refractivity contribution in [3.63, 3.8) is 0 Å². The summed E-state index contributed by atoms with van der Waals surface area (Å²) in [5.41, 5.74) is 2.58. The van der Waals surface area contributed by atoms with E-state index in [0.29, 0.717) is 17.7 Å². The van der Waals surface area contributed by atoms with Crippen molar-refractivity contribution in [2.24, 2.45) is 5.84 Å². The van der Waals surface area contributed by atoms with Crippen LogP contribution in [-0.4, -0.2) is 12.5 Å². The molecular formula is C11H13FN2O2. The van der Waals surface area contributed by atoms with E-state index in [0.717, 1.165) is 0 Å². The van der Waals surface area contributed by atoms with Gasteiger partial charge in [-0.05, 0) is 18.2 Å². The van der Waals surface area contributed by atoms with E-state index < -0.39 is 11.7 Å². The number of carbonyl (C=O) groups excluding carboxylic acids is 1. The standard InChI is InChI=1S/C11H13FN2O2/c1-2-5-16-7-9-6-8(11(15)14-13)3-4-10(9)12/h2-4,6H,1,5,7,13H2,(H,14,15). The van der Waals surface area contributed by atoms with Crippen molar-refractivity contribution in [2.75, 3.05) is 6.61 Å². The molecule has 1 aromatic carbocycles. The van der Waals surface area contributed by atoms with E-state index in [-0.39, 0.29) is 6.61 Å². The molecule has 0 heterocycles. The van der Waals surface area contributed by atoms with Gasteiger partial charge in [0.1, 0.15) is 5.82 Å². The normalized spacial score (nSPS) is 9.88. The number of halogens is 1. The Bertz CT molecular complexity index is 394.